The molecule has 0 aromatic carbocycles. The predicted octanol–water partition coefficient (Wildman–Crippen LogP) is 3.45. The lowest BCUT2D eigenvalue weighted by Gasteiger charge is -2.04. The number of halogens is 2. The first-order valence-corrected chi connectivity index (χ1v) is 5.91. The second kappa shape index (κ2) is 4.80. The Morgan fingerprint density at radius 3 is 2.75 bits per heavy atom. The van der Waals surface area contributed by atoms with Crippen molar-refractivity contribution in [3.05, 3.63) is 45.5 Å². The lowest BCUT2D eigenvalue weighted by atomic mass is 10.3. The molecule has 0 aliphatic heterocycles. The maximum Gasteiger partial charge on any atom is 0.291 e. The molecule has 1 amide bonds. The summed E-state index contributed by atoms with van der Waals surface area (Å²) in [4.78, 5) is 15.6. The number of pyridine rings is 1. The van der Waals surface area contributed by atoms with Crippen LogP contribution >= 0.6 is 31.9 Å². The van der Waals surface area contributed by atoms with E-state index in [2.05, 4.69) is 42.2 Å². The Labute approximate surface area is 108 Å². The van der Waals surface area contributed by atoms with Gasteiger partial charge in [-0.05, 0) is 50.1 Å². The molecular weight excluding hydrogens is 340 g/mol. The molecule has 0 aliphatic rings. The van der Waals surface area contributed by atoms with E-state index in [1.807, 2.05) is 0 Å². The summed E-state index contributed by atoms with van der Waals surface area (Å²) in [5, 5.41) is 2.70. The van der Waals surface area contributed by atoms with Crippen LogP contribution in [-0.4, -0.2) is 10.9 Å². The molecule has 0 saturated heterocycles. The van der Waals surface area contributed by atoms with Gasteiger partial charge in [-0.25, -0.2) is 0 Å². The van der Waals surface area contributed by atoms with Gasteiger partial charge in [0, 0.05) is 12.4 Å². The Bertz CT molecular complexity index is 525. The van der Waals surface area contributed by atoms with E-state index in [1.54, 1.807) is 30.6 Å². The average molecular weight is 346 g/mol. The summed E-state index contributed by atoms with van der Waals surface area (Å²) in [6.07, 6.45) is 3.20. The van der Waals surface area contributed by atoms with Gasteiger partial charge in [-0.2, -0.15) is 0 Å². The maximum absolute atomic E-state index is 11.7. The van der Waals surface area contributed by atoms with Crippen molar-refractivity contribution in [3.8, 4) is 0 Å². The summed E-state index contributed by atoms with van der Waals surface area (Å²) >= 11 is 6.42. The van der Waals surface area contributed by atoms with E-state index >= 15 is 0 Å². The number of nitrogens with zero attached hydrogens (tertiary/aromatic N) is 1. The topological polar surface area (TPSA) is 55.1 Å². The molecule has 0 atom stereocenters. The standard InChI is InChI=1S/C10H6Br2N2O2/c11-6-5-13-4-3-7(6)14-10(15)8-1-2-9(12)16-8/h1-5H,(H,13,14,15). The van der Waals surface area contributed by atoms with Gasteiger partial charge in [-0.1, -0.05) is 0 Å². The SMILES string of the molecule is O=C(Nc1ccncc1Br)c1ccc(Br)o1. The van der Waals surface area contributed by atoms with Gasteiger partial charge in [-0.15, -0.1) is 0 Å². The van der Waals surface area contributed by atoms with Crippen molar-refractivity contribution < 1.29 is 9.21 Å². The van der Waals surface area contributed by atoms with E-state index < -0.39 is 0 Å². The van der Waals surface area contributed by atoms with Crippen LogP contribution < -0.4 is 5.32 Å². The second-order valence-corrected chi connectivity index (χ2v) is 4.55. The third-order valence-electron chi connectivity index (χ3n) is 1.82. The molecule has 0 radical (unpaired) electrons. The molecule has 0 spiro atoms. The highest BCUT2D eigenvalue weighted by molar-refractivity contribution is 9.10. The van der Waals surface area contributed by atoms with Gasteiger partial charge in [-0.3, -0.25) is 9.78 Å². The van der Waals surface area contributed by atoms with Crippen LogP contribution in [0.3, 0.4) is 0 Å². The molecule has 16 heavy (non-hydrogen) atoms. The highest BCUT2D eigenvalue weighted by atomic mass is 79.9. The molecule has 0 saturated carbocycles. The van der Waals surface area contributed by atoms with Gasteiger partial charge in [0.15, 0.2) is 10.4 Å². The smallest absolute Gasteiger partial charge is 0.291 e. The number of anilines is 1. The molecule has 4 nitrogen and oxygen atoms in total. The Hall–Kier alpha value is -1.14. The lowest BCUT2D eigenvalue weighted by molar-refractivity contribution is 0.0995. The predicted molar refractivity (Wildman–Crippen MR) is 66.3 cm³/mol. The van der Waals surface area contributed by atoms with E-state index in [9.17, 15) is 4.79 Å². The lowest BCUT2D eigenvalue weighted by Crippen LogP contribution is -2.11. The molecule has 2 rings (SSSR count). The van der Waals surface area contributed by atoms with E-state index in [0.29, 0.717) is 14.8 Å². The Kier molecular flexibility index (Phi) is 3.40. The minimum atomic E-state index is -0.308. The zero-order valence-corrected chi connectivity index (χ0v) is 11.1. The molecule has 2 aromatic rings. The number of nitrogens with one attached hydrogen (secondary N) is 1. The first-order valence-electron chi connectivity index (χ1n) is 4.33. The average Bonchev–Trinajstić information content (AvgIpc) is 2.68. The fourth-order valence-corrected chi connectivity index (χ4v) is 1.75. The summed E-state index contributed by atoms with van der Waals surface area (Å²) in [6.45, 7) is 0. The van der Waals surface area contributed by atoms with Crippen LogP contribution in [0.1, 0.15) is 10.6 Å². The van der Waals surface area contributed by atoms with E-state index in [4.69, 9.17) is 4.42 Å². The third kappa shape index (κ3) is 2.51. The molecule has 0 bridgehead atoms. The third-order valence-corrected chi connectivity index (χ3v) is 2.88. The fourth-order valence-electron chi connectivity index (χ4n) is 1.10. The Balaban J connectivity index is 2.17. The highest BCUT2D eigenvalue weighted by Crippen LogP contribution is 2.21. The normalized spacial score (nSPS) is 10.1. The van der Waals surface area contributed by atoms with Crippen LogP contribution in [0.2, 0.25) is 0 Å². The molecule has 0 unspecified atom stereocenters. The van der Waals surface area contributed by atoms with Crippen molar-refractivity contribution in [2.75, 3.05) is 5.32 Å². The number of hydrogen-bond donors (Lipinski definition) is 1. The van der Waals surface area contributed by atoms with Crippen molar-refractivity contribution in [1.29, 1.82) is 0 Å². The molecule has 0 aliphatic carbocycles. The molecule has 2 aromatic heterocycles. The number of rotatable bonds is 2. The monoisotopic (exact) mass is 344 g/mol. The first kappa shape index (κ1) is 11.3. The van der Waals surface area contributed by atoms with Crippen LogP contribution in [0.5, 0.6) is 0 Å². The van der Waals surface area contributed by atoms with Gasteiger partial charge < -0.3 is 9.73 Å². The van der Waals surface area contributed by atoms with E-state index in [1.165, 1.54) is 0 Å². The molecule has 6 heteroatoms. The number of aromatic nitrogens is 1. The summed E-state index contributed by atoms with van der Waals surface area (Å²) in [6, 6.07) is 4.95. The number of carbonyl (C=O) groups excluding carboxylic acids is 1. The summed E-state index contributed by atoms with van der Waals surface area (Å²) in [5.41, 5.74) is 0.646. The largest absolute Gasteiger partial charge is 0.444 e. The minimum Gasteiger partial charge on any atom is -0.444 e. The van der Waals surface area contributed by atoms with Crippen LogP contribution in [0.4, 0.5) is 5.69 Å². The van der Waals surface area contributed by atoms with Crippen molar-refractivity contribution in [2.24, 2.45) is 0 Å². The van der Waals surface area contributed by atoms with Crippen molar-refractivity contribution in [3.63, 3.8) is 0 Å². The van der Waals surface area contributed by atoms with Gasteiger partial charge in [0.1, 0.15) is 0 Å². The van der Waals surface area contributed by atoms with Gasteiger partial charge >= 0.3 is 0 Å². The van der Waals surface area contributed by atoms with Crippen LogP contribution in [-0.2, 0) is 0 Å². The molecule has 2 heterocycles. The van der Waals surface area contributed by atoms with Crippen LogP contribution in [0.25, 0.3) is 0 Å². The summed E-state index contributed by atoms with van der Waals surface area (Å²) < 4.78 is 6.37. The fraction of sp³-hybridized carbons (Fsp3) is 0. The zero-order valence-electron chi connectivity index (χ0n) is 7.91. The van der Waals surface area contributed by atoms with Crippen molar-refractivity contribution in [2.45, 2.75) is 0 Å². The second-order valence-electron chi connectivity index (χ2n) is 2.91. The first-order chi connectivity index (χ1) is 7.66. The minimum absolute atomic E-state index is 0.246. The van der Waals surface area contributed by atoms with E-state index in [0.717, 1.165) is 0 Å². The Morgan fingerprint density at radius 1 is 1.31 bits per heavy atom. The Morgan fingerprint density at radius 2 is 2.12 bits per heavy atom. The highest BCUT2D eigenvalue weighted by Gasteiger charge is 2.11. The van der Waals surface area contributed by atoms with Crippen molar-refractivity contribution in [1.82, 2.24) is 4.98 Å². The summed E-state index contributed by atoms with van der Waals surface area (Å²) in [5.74, 6) is -0.0619. The van der Waals surface area contributed by atoms with Gasteiger partial charge in [0.2, 0.25) is 0 Å². The maximum atomic E-state index is 11.7. The van der Waals surface area contributed by atoms with Gasteiger partial charge in [0.25, 0.3) is 5.91 Å². The number of hydrogen-bond acceptors (Lipinski definition) is 3. The van der Waals surface area contributed by atoms with Gasteiger partial charge in [0.05, 0.1) is 10.2 Å². The zero-order chi connectivity index (χ0) is 11.5. The molecule has 1 N–H and O–H groups in total. The summed E-state index contributed by atoms with van der Waals surface area (Å²) in [7, 11) is 0. The van der Waals surface area contributed by atoms with Crippen LogP contribution in [0, 0.1) is 0 Å². The number of amides is 1. The van der Waals surface area contributed by atoms with Crippen molar-refractivity contribution >= 4 is 43.5 Å². The van der Waals surface area contributed by atoms with E-state index in [-0.39, 0.29) is 11.7 Å². The number of carbonyl (C=O) groups is 1. The molecule has 82 valence electrons. The van der Waals surface area contributed by atoms with Crippen LogP contribution in [0.15, 0.2) is 44.2 Å². The molecule has 0 fully saturated rings. The molecular formula is C10H6Br2N2O2. The quantitative estimate of drug-likeness (QED) is 0.906. The number of furan rings is 1.